The number of carbonyl (C=O) groups excluding carboxylic acids is 2. The zero-order valence-electron chi connectivity index (χ0n) is 15.5. The smallest absolute Gasteiger partial charge is 0.227 e. The molecule has 0 unspecified atom stereocenters. The van der Waals surface area contributed by atoms with Crippen molar-refractivity contribution in [3.05, 3.63) is 42.5 Å². The first-order chi connectivity index (χ1) is 12.7. The number of unbranched alkanes of at least 4 members (excludes halogenated alkanes) is 1. The number of piperazine rings is 1. The van der Waals surface area contributed by atoms with Gasteiger partial charge < -0.3 is 9.80 Å². The van der Waals surface area contributed by atoms with Crippen LogP contribution in [0.5, 0.6) is 0 Å². The standard InChI is InChI=1S/C21H29N3O2/c1-2-11-22-14-16-23(17-15-22)12-5-6-13-24-19-8-4-3-7-18(19)20(25)9-10-21(24)26/h2-4,7-8H,1,5-6,9-17H2. The van der Waals surface area contributed by atoms with E-state index in [1.165, 1.54) is 0 Å². The van der Waals surface area contributed by atoms with E-state index in [2.05, 4.69) is 16.4 Å². The highest BCUT2D eigenvalue weighted by Gasteiger charge is 2.25. The zero-order chi connectivity index (χ0) is 18.4. The van der Waals surface area contributed by atoms with Crippen LogP contribution in [0.4, 0.5) is 5.69 Å². The maximum absolute atomic E-state index is 12.5. The van der Waals surface area contributed by atoms with Gasteiger partial charge in [-0.15, -0.1) is 6.58 Å². The molecule has 5 heteroatoms. The summed E-state index contributed by atoms with van der Waals surface area (Å²) in [6, 6.07) is 7.51. The van der Waals surface area contributed by atoms with E-state index in [0.29, 0.717) is 24.9 Å². The highest BCUT2D eigenvalue weighted by molar-refractivity contribution is 6.09. The van der Waals surface area contributed by atoms with Gasteiger partial charge >= 0.3 is 0 Å². The Hall–Kier alpha value is -1.98. The molecule has 0 N–H and O–H groups in total. The summed E-state index contributed by atoms with van der Waals surface area (Å²) in [4.78, 5) is 31.4. The van der Waals surface area contributed by atoms with Crippen LogP contribution in [-0.4, -0.2) is 67.3 Å². The zero-order valence-corrected chi connectivity index (χ0v) is 15.5. The molecule has 1 amide bonds. The van der Waals surface area contributed by atoms with E-state index in [-0.39, 0.29) is 11.7 Å². The molecule has 5 nitrogen and oxygen atoms in total. The summed E-state index contributed by atoms with van der Waals surface area (Å²) < 4.78 is 0. The summed E-state index contributed by atoms with van der Waals surface area (Å²) in [6.45, 7) is 11.0. The number of rotatable bonds is 7. The van der Waals surface area contributed by atoms with Crippen LogP contribution in [0, 0.1) is 0 Å². The van der Waals surface area contributed by atoms with Crippen molar-refractivity contribution in [3.63, 3.8) is 0 Å². The second-order valence-electron chi connectivity index (χ2n) is 7.12. The van der Waals surface area contributed by atoms with Crippen LogP contribution in [0.2, 0.25) is 0 Å². The number of fused-ring (bicyclic) bond motifs is 1. The van der Waals surface area contributed by atoms with Crippen molar-refractivity contribution in [2.24, 2.45) is 0 Å². The van der Waals surface area contributed by atoms with Crippen molar-refractivity contribution in [3.8, 4) is 0 Å². The largest absolute Gasteiger partial charge is 0.312 e. The van der Waals surface area contributed by atoms with Crippen molar-refractivity contribution >= 4 is 17.4 Å². The van der Waals surface area contributed by atoms with Crippen LogP contribution < -0.4 is 4.90 Å². The third-order valence-electron chi connectivity index (χ3n) is 5.32. The van der Waals surface area contributed by atoms with Gasteiger partial charge in [0.1, 0.15) is 0 Å². The van der Waals surface area contributed by atoms with Crippen LogP contribution >= 0.6 is 0 Å². The first-order valence-electron chi connectivity index (χ1n) is 9.67. The number of anilines is 1. The van der Waals surface area contributed by atoms with Gasteiger partial charge in [0.25, 0.3) is 0 Å². The quantitative estimate of drug-likeness (QED) is 0.557. The van der Waals surface area contributed by atoms with E-state index in [1.54, 1.807) is 0 Å². The molecule has 2 aliphatic heterocycles. The molecule has 0 radical (unpaired) electrons. The van der Waals surface area contributed by atoms with Gasteiger partial charge in [-0.3, -0.25) is 14.5 Å². The lowest BCUT2D eigenvalue weighted by Gasteiger charge is -2.34. The number of carbonyl (C=O) groups is 2. The van der Waals surface area contributed by atoms with E-state index in [0.717, 1.165) is 57.8 Å². The second kappa shape index (κ2) is 9.10. The topological polar surface area (TPSA) is 43.9 Å². The Morgan fingerprint density at radius 1 is 0.923 bits per heavy atom. The van der Waals surface area contributed by atoms with Gasteiger partial charge in [0.15, 0.2) is 5.78 Å². The number of amides is 1. The molecular formula is C21H29N3O2. The Morgan fingerprint density at radius 3 is 2.38 bits per heavy atom. The minimum atomic E-state index is 0.0707. The molecule has 2 heterocycles. The highest BCUT2D eigenvalue weighted by Crippen LogP contribution is 2.27. The normalized spacial score (nSPS) is 19.3. The number of ketones is 1. The molecule has 0 spiro atoms. The summed E-state index contributed by atoms with van der Waals surface area (Å²) in [5.74, 6) is 0.148. The molecule has 1 aromatic rings. The Kier molecular flexibility index (Phi) is 6.58. The predicted octanol–water partition coefficient (Wildman–Crippen LogP) is 2.58. The molecule has 26 heavy (non-hydrogen) atoms. The number of Topliss-reactive ketones (excluding diaryl/α,β-unsaturated/α-hetero) is 1. The molecule has 1 fully saturated rings. The van der Waals surface area contributed by atoms with Crippen LogP contribution in [0.1, 0.15) is 36.0 Å². The minimum Gasteiger partial charge on any atom is -0.312 e. The number of hydrogen-bond donors (Lipinski definition) is 0. The lowest BCUT2D eigenvalue weighted by Crippen LogP contribution is -2.46. The Balaban J connectivity index is 1.48. The second-order valence-corrected chi connectivity index (χ2v) is 7.12. The van der Waals surface area contributed by atoms with Gasteiger partial charge in [-0.05, 0) is 31.5 Å². The van der Waals surface area contributed by atoms with Crippen molar-refractivity contribution in [1.82, 2.24) is 9.80 Å². The third-order valence-corrected chi connectivity index (χ3v) is 5.32. The van der Waals surface area contributed by atoms with Gasteiger partial charge in [0, 0.05) is 57.7 Å². The van der Waals surface area contributed by atoms with E-state index in [9.17, 15) is 9.59 Å². The fraction of sp³-hybridized carbons (Fsp3) is 0.524. The monoisotopic (exact) mass is 355 g/mol. The van der Waals surface area contributed by atoms with Crippen LogP contribution in [0.25, 0.3) is 0 Å². The SMILES string of the molecule is C=CCN1CCN(CCCCN2C(=O)CCC(=O)c3ccccc32)CC1. The number of benzene rings is 1. The van der Waals surface area contributed by atoms with Gasteiger partial charge in [-0.1, -0.05) is 18.2 Å². The Morgan fingerprint density at radius 2 is 1.62 bits per heavy atom. The molecule has 0 bridgehead atoms. The fourth-order valence-electron chi connectivity index (χ4n) is 3.80. The van der Waals surface area contributed by atoms with Gasteiger partial charge in [-0.2, -0.15) is 0 Å². The van der Waals surface area contributed by atoms with Crippen molar-refractivity contribution in [2.75, 3.05) is 50.7 Å². The molecule has 0 saturated carbocycles. The Bertz CT molecular complexity index is 650. The maximum Gasteiger partial charge on any atom is 0.227 e. The van der Waals surface area contributed by atoms with Crippen LogP contribution in [0.3, 0.4) is 0 Å². The number of hydrogen-bond acceptors (Lipinski definition) is 4. The van der Waals surface area contributed by atoms with Gasteiger partial charge in [0.2, 0.25) is 5.91 Å². The molecular weight excluding hydrogens is 326 g/mol. The van der Waals surface area contributed by atoms with E-state index in [1.807, 2.05) is 35.2 Å². The van der Waals surface area contributed by atoms with Crippen LogP contribution in [-0.2, 0) is 4.79 Å². The lowest BCUT2D eigenvalue weighted by molar-refractivity contribution is -0.118. The summed E-state index contributed by atoms with van der Waals surface area (Å²) >= 11 is 0. The van der Waals surface area contributed by atoms with Gasteiger partial charge in [-0.25, -0.2) is 0 Å². The minimum absolute atomic E-state index is 0.0707. The number of para-hydroxylation sites is 1. The van der Waals surface area contributed by atoms with Crippen molar-refractivity contribution < 1.29 is 9.59 Å². The van der Waals surface area contributed by atoms with Crippen LogP contribution in [0.15, 0.2) is 36.9 Å². The molecule has 3 rings (SSSR count). The third kappa shape index (κ3) is 4.59. The van der Waals surface area contributed by atoms with E-state index >= 15 is 0 Å². The summed E-state index contributed by atoms with van der Waals surface area (Å²) in [7, 11) is 0. The summed E-state index contributed by atoms with van der Waals surface area (Å²) in [5, 5.41) is 0. The molecule has 140 valence electrons. The van der Waals surface area contributed by atoms with Crippen molar-refractivity contribution in [2.45, 2.75) is 25.7 Å². The molecule has 0 aromatic heterocycles. The molecule has 1 saturated heterocycles. The predicted molar refractivity (Wildman–Crippen MR) is 105 cm³/mol. The summed E-state index contributed by atoms with van der Waals surface area (Å²) in [5.41, 5.74) is 1.48. The van der Waals surface area contributed by atoms with Crippen molar-refractivity contribution in [1.29, 1.82) is 0 Å². The van der Waals surface area contributed by atoms with E-state index < -0.39 is 0 Å². The average molecular weight is 355 g/mol. The average Bonchev–Trinajstić information content (AvgIpc) is 2.78. The molecule has 2 aliphatic rings. The number of nitrogens with zero attached hydrogens (tertiary/aromatic N) is 3. The first kappa shape index (κ1) is 18.8. The molecule has 0 aliphatic carbocycles. The molecule has 1 aromatic carbocycles. The highest BCUT2D eigenvalue weighted by atomic mass is 16.2. The van der Waals surface area contributed by atoms with Gasteiger partial charge in [0.05, 0.1) is 5.69 Å². The maximum atomic E-state index is 12.5. The molecule has 0 atom stereocenters. The summed E-state index contributed by atoms with van der Waals surface area (Å²) in [6.07, 6.45) is 4.64. The Labute approximate surface area is 156 Å². The van der Waals surface area contributed by atoms with E-state index in [4.69, 9.17) is 0 Å². The fourth-order valence-corrected chi connectivity index (χ4v) is 3.80. The first-order valence-corrected chi connectivity index (χ1v) is 9.67. The lowest BCUT2D eigenvalue weighted by atomic mass is 10.1.